The molecule has 0 amide bonds. The van der Waals surface area contributed by atoms with Crippen LogP contribution in [0.3, 0.4) is 0 Å². The van der Waals surface area contributed by atoms with Gasteiger partial charge in [-0.1, -0.05) is 0 Å². The number of benzene rings is 2. The van der Waals surface area contributed by atoms with Crippen molar-refractivity contribution in [2.24, 2.45) is 0 Å². The van der Waals surface area contributed by atoms with Crippen molar-refractivity contribution in [2.45, 2.75) is 0 Å². The number of nitriles is 1. The maximum atomic E-state index is 13.9. The molecule has 2 aromatic carbocycles. The summed E-state index contributed by atoms with van der Waals surface area (Å²) in [7, 11) is 0. The van der Waals surface area contributed by atoms with E-state index < -0.39 is 22.2 Å². The zero-order valence-electron chi connectivity index (χ0n) is 10.1. The van der Waals surface area contributed by atoms with E-state index in [9.17, 15) is 18.9 Å². The normalized spacial score (nSPS) is 10.0. The van der Waals surface area contributed by atoms with Gasteiger partial charge in [-0.25, -0.2) is 4.39 Å². The average Bonchev–Trinajstić information content (AvgIpc) is 2.44. The number of nitrogens with zero attached hydrogens (tertiary/aromatic N) is 2. The van der Waals surface area contributed by atoms with Crippen LogP contribution in [0.2, 0.25) is 0 Å². The van der Waals surface area contributed by atoms with Gasteiger partial charge >= 0.3 is 5.69 Å². The predicted molar refractivity (Wildman–Crippen MR) is 71.9 cm³/mol. The van der Waals surface area contributed by atoms with Crippen molar-refractivity contribution in [1.82, 2.24) is 0 Å². The van der Waals surface area contributed by atoms with Crippen LogP contribution in [0.25, 0.3) is 0 Å². The molecule has 0 saturated carbocycles. The molecule has 2 rings (SSSR count). The summed E-state index contributed by atoms with van der Waals surface area (Å²) < 4.78 is 32.4. The first kappa shape index (κ1) is 14.9. The zero-order chi connectivity index (χ0) is 15.6. The summed E-state index contributed by atoms with van der Waals surface area (Å²) in [5, 5.41) is 19.2. The molecule has 0 aliphatic carbocycles. The lowest BCUT2D eigenvalue weighted by molar-refractivity contribution is -0.387. The maximum Gasteiger partial charge on any atom is 0.305 e. The molecule has 0 fully saturated rings. The van der Waals surface area contributed by atoms with E-state index in [1.807, 2.05) is 0 Å². The van der Waals surface area contributed by atoms with Crippen molar-refractivity contribution < 1.29 is 18.4 Å². The number of nitro groups is 1. The first-order valence-corrected chi connectivity index (χ1v) is 6.23. The van der Waals surface area contributed by atoms with E-state index in [-0.39, 0.29) is 21.5 Å². The minimum atomic E-state index is -1.09. The summed E-state index contributed by atoms with van der Waals surface area (Å²) in [6.07, 6.45) is 0. The van der Waals surface area contributed by atoms with Crippen LogP contribution in [0.4, 0.5) is 14.5 Å². The Labute approximate surface area is 125 Å². The Hall–Kier alpha value is -2.53. The van der Waals surface area contributed by atoms with Gasteiger partial charge < -0.3 is 4.74 Å². The number of ether oxygens (including phenoxy) is 1. The minimum absolute atomic E-state index is 0.0785. The van der Waals surface area contributed by atoms with Gasteiger partial charge in [0.25, 0.3) is 0 Å². The lowest BCUT2D eigenvalue weighted by Gasteiger charge is -2.08. The first-order chi connectivity index (χ1) is 9.93. The largest absolute Gasteiger partial charge is 0.454 e. The molecule has 0 spiro atoms. The molecule has 0 heterocycles. The van der Waals surface area contributed by atoms with Gasteiger partial charge in [-0.3, -0.25) is 10.1 Å². The Morgan fingerprint density at radius 2 is 2.00 bits per heavy atom. The Bertz CT molecular complexity index is 775. The van der Waals surface area contributed by atoms with Gasteiger partial charge in [-0.05, 0) is 34.1 Å². The van der Waals surface area contributed by atoms with E-state index in [2.05, 4.69) is 15.9 Å². The van der Waals surface area contributed by atoms with Crippen LogP contribution >= 0.6 is 15.9 Å². The van der Waals surface area contributed by atoms with E-state index in [4.69, 9.17) is 10.00 Å². The van der Waals surface area contributed by atoms with Gasteiger partial charge in [-0.15, -0.1) is 0 Å². The number of rotatable bonds is 3. The highest BCUT2D eigenvalue weighted by Gasteiger charge is 2.17. The summed E-state index contributed by atoms with van der Waals surface area (Å²) in [5.41, 5.74) is -0.626. The predicted octanol–water partition coefficient (Wildman–Crippen LogP) is 4.30. The average molecular weight is 355 g/mol. The molecule has 0 bridgehead atoms. The highest BCUT2D eigenvalue weighted by atomic mass is 79.9. The van der Waals surface area contributed by atoms with Crippen LogP contribution in [-0.2, 0) is 0 Å². The first-order valence-electron chi connectivity index (χ1n) is 5.44. The van der Waals surface area contributed by atoms with Gasteiger partial charge in [0.2, 0.25) is 5.82 Å². The summed E-state index contributed by atoms with van der Waals surface area (Å²) in [6, 6.07) is 7.15. The molecule has 5 nitrogen and oxygen atoms in total. The number of hydrogen-bond acceptors (Lipinski definition) is 4. The quantitative estimate of drug-likeness (QED) is 0.608. The summed E-state index contributed by atoms with van der Waals surface area (Å²) in [5.74, 6) is -2.26. The lowest BCUT2D eigenvalue weighted by atomic mass is 10.2. The van der Waals surface area contributed by atoms with E-state index in [1.165, 1.54) is 12.1 Å². The second kappa shape index (κ2) is 5.85. The Morgan fingerprint density at radius 3 is 2.57 bits per heavy atom. The van der Waals surface area contributed by atoms with Crippen LogP contribution in [0.5, 0.6) is 11.5 Å². The van der Waals surface area contributed by atoms with E-state index >= 15 is 0 Å². The fraction of sp³-hybridized carbons (Fsp3) is 0. The summed E-state index contributed by atoms with van der Waals surface area (Å²) in [6.45, 7) is 0. The molecular formula is C13H5BrF2N2O3. The maximum absolute atomic E-state index is 13.9. The standard InChI is InChI=1S/C13H5BrF2N2O3/c14-12-7(6-17)1-4-11(13(12)16)21-8-2-3-10(18(19)20)9(15)5-8/h1-5H. The smallest absolute Gasteiger partial charge is 0.305 e. The second-order valence-corrected chi connectivity index (χ2v) is 4.62. The van der Waals surface area contributed by atoms with Crippen molar-refractivity contribution in [1.29, 1.82) is 5.26 Å². The highest BCUT2D eigenvalue weighted by molar-refractivity contribution is 9.10. The van der Waals surface area contributed by atoms with E-state index in [0.29, 0.717) is 0 Å². The summed E-state index contributed by atoms with van der Waals surface area (Å²) in [4.78, 5) is 9.61. The topological polar surface area (TPSA) is 76.2 Å². The third-order valence-electron chi connectivity index (χ3n) is 2.51. The summed E-state index contributed by atoms with van der Waals surface area (Å²) >= 11 is 2.91. The highest BCUT2D eigenvalue weighted by Crippen LogP contribution is 2.32. The number of nitro benzene ring substituents is 1. The molecule has 0 aromatic heterocycles. The fourth-order valence-electron chi connectivity index (χ4n) is 1.52. The molecule has 21 heavy (non-hydrogen) atoms. The van der Waals surface area contributed by atoms with Gasteiger partial charge in [0.05, 0.1) is 15.0 Å². The Morgan fingerprint density at radius 1 is 1.29 bits per heavy atom. The van der Waals surface area contributed by atoms with E-state index in [0.717, 1.165) is 18.2 Å². The van der Waals surface area contributed by atoms with Crippen LogP contribution in [0.15, 0.2) is 34.8 Å². The number of hydrogen-bond donors (Lipinski definition) is 0. The van der Waals surface area contributed by atoms with Crippen molar-refractivity contribution in [3.63, 3.8) is 0 Å². The number of halogens is 3. The van der Waals surface area contributed by atoms with Crippen molar-refractivity contribution in [2.75, 3.05) is 0 Å². The molecule has 0 N–H and O–H groups in total. The third kappa shape index (κ3) is 2.98. The van der Waals surface area contributed by atoms with Crippen molar-refractivity contribution >= 4 is 21.6 Å². The lowest BCUT2D eigenvalue weighted by Crippen LogP contribution is -1.95. The molecule has 2 aromatic rings. The van der Waals surface area contributed by atoms with Crippen LogP contribution in [-0.4, -0.2) is 4.92 Å². The third-order valence-corrected chi connectivity index (χ3v) is 3.29. The SMILES string of the molecule is N#Cc1ccc(Oc2ccc([N+](=O)[O-])c(F)c2)c(F)c1Br. The fourth-order valence-corrected chi connectivity index (χ4v) is 1.94. The van der Waals surface area contributed by atoms with E-state index in [1.54, 1.807) is 6.07 Å². The molecule has 0 saturated heterocycles. The van der Waals surface area contributed by atoms with Gasteiger partial charge in [0.15, 0.2) is 11.6 Å². The van der Waals surface area contributed by atoms with Crippen LogP contribution in [0.1, 0.15) is 5.56 Å². The molecule has 0 aliphatic rings. The molecule has 0 radical (unpaired) electrons. The molecule has 8 heteroatoms. The monoisotopic (exact) mass is 354 g/mol. The molecule has 0 aliphatic heterocycles. The Balaban J connectivity index is 2.35. The van der Waals surface area contributed by atoms with Crippen LogP contribution < -0.4 is 4.74 Å². The second-order valence-electron chi connectivity index (χ2n) is 3.82. The molecular weight excluding hydrogens is 350 g/mol. The Kier molecular flexibility index (Phi) is 4.14. The molecule has 106 valence electrons. The van der Waals surface area contributed by atoms with Gasteiger partial charge in [0.1, 0.15) is 11.8 Å². The van der Waals surface area contributed by atoms with Crippen molar-refractivity contribution in [3.8, 4) is 17.6 Å². The molecule has 0 atom stereocenters. The van der Waals surface area contributed by atoms with Gasteiger partial charge in [0, 0.05) is 12.1 Å². The molecule has 0 unspecified atom stereocenters. The van der Waals surface area contributed by atoms with Crippen LogP contribution in [0, 0.1) is 33.1 Å². The minimum Gasteiger partial charge on any atom is -0.454 e. The van der Waals surface area contributed by atoms with Crippen molar-refractivity contribution in [3.05, 3.63) is 62.1 Å². The zero-order valence-corrected chi connectivity index (χ0v) is 11.7. The van der Waals surface area contributed by atoms with Gasteiger partial charge in [-0.2, -0.15) is 9.65 Å².